The second-order valence-electron chi connectivity index (χ2n) is 6.47. The molecule has 1 aliphatic heterocycles. The van der Waals surface area contributed by atoms with Gasteiger partial charge >= 0.3 is 6.18 Å². The minimum Gasteiger partial charge on any atom is -0.328 e. The minimum atomic E-state index is -4.65. The van der Waals surface area contributed by atoms with Crippen molar-refractivity contribution in [3.63, 3.8) is 0 Å². The van der Waals surface area contributed by atoms with Gasteiger partial charge in [0.25, 0.3) is 5.82 Å². The van der Waals surface area contributed by atoms with Crippen molar-refractivity contribution in [2.75, 3.05) is 5.32 Å². The van der Waals surface area contributed by atoms with Gasteiger partial charge in [-0.25, -0.2) is 4.68 Å². The van der Waals surface area contributed by atoms with Gasteiger partial charge in [0, 0.05) is 17.7 Å². The molecule has 0 spiro atoms. The normalized spacial score (nSPS) is 23.1. The molecule has 2 aliphatic rings. The molecule has 0 amide bonds. The summed E-state index contributed by atoms with van der Waals surface area (Å²) in [5.74, 6) is -1.13. The van der Waals surface area contributed by atoms with Crippen LogP contribution in [0.5, 0.6) is 0 Å². The van der Waals surface area contributed by atoms with E-state index in [4.69, 9.17) is 0 Å². The van der Waals surface area contributed by atoms with Crippen LogP contribution in [0.25, 0.3) is 0 Å². The topological polar surface area (TPSA) is 59.8 Å². The molecule has 0 bridgehead atoms. The number of hydrogen-bond donors (Lipinski definition) is 1. The summed E-state index contributed by atoms with van der Waals surface area (Å²) in [5, 5.41) is 6.56. The summed E-state index contributed by atoms with van der Waals surface area (Å²) in [4.78, 5) is 16.3. The van der Waals surface area contributed by atoms with Gasteiger partial charge in [0.2, 0.25) is 5.95 Å². The van der Waals surface area contributed by atoms with Crippen molar-refractivity contribution in [2.24, 2.45) is 5.92 Å². The molecule has 2 atom stereocenters. The van der Waals surface area contributed by atoms with Crippen LogP contribution < -0.4 is 5.32 Å². The molecule has 0 saturated heterocycles. The monoisotopic (exact) mass is 348 g/mol. The highest BCUT2D eigenvalue weighted by Crippen LogP contribution is 2.42. The summed E-state index contributed by atoms with van der Waals surface area (Å²) in [6.45, 7) is 1.95. The minimum absolute atomic E-state index is 0.0156. The molecule has 25 heavy (non-hydrogen) atoms. The zero-order valence-electron chi connectivity index (χ0n) is 13.3. The van der Waals surface area contributed by atoms with Crippen molar-refractivity contribution >= 4 is 11.7 Å². The van der Waals surface area contributed by atoms with Crippen molar-refractivity contribution < 1.29 is 18.0 Å². The van der Waals surface area contributed by atoms with Crippen molar-refractivity contribution in [3.05, 3.63) is 53.0 Å². The highest BCUT2D eigenvalue weighted by atomic mass is 19.4. The lowest BCUT2D eigenvalue weighted by Gasteiger charge is -2.34. The van der Waals surface area contributed by atoms with Crippen molar-refractivity contribution in [3.8, 4) is 0 Å². The van der Waals surface area contributed by atoms with Crippen molar-refractivity contribution in [1.82, 2.24) is 14.8 Å². The summed E-state index contributed by atoms with van der Waals surface area (Å²) < 4.78 is 40.4. The predicted molar refractivity (Wildman–Crippen MR) is 83.7 cm³/mol. The summed E-state index contributed by atoms with van der Waals surface area (Å²) in [5.41, 5.74) is 1.83. The number of allylic oxidation sites excluding steroid dienone is 2. The molecule has 0 unspecified atom stereocenters. The summed E-state index contributed by atoms with van der Waals surface area (Å²) in [6.07, 6.45) is -3.68. The van der Waals surface area contributed by atoms with Crippen LogP contribution in [0.2, 0.25) is 0 Å². The zero-order chi connectivity index (χ0) is 17.8. The van der Waals surface area contributed by atoms with Gasteiger partial charge < -0.3 is 5.32 Å². The van der Waals surface area contributed by atoms with E-state index in [0.717, 1.165) is 0 Å². The maximum absolute atomic E-state index is 13.1. The number of halogens is 3. The lowest BCUT2D eigenvalue weighted by atomic mass is 9.81. The SMILES string of the molecule is C[C@@H]1CC(=O)C2=C(C1)Nc1nc(C(F)(F)F)nn1[C@@H]2c1ccccc1. The lowest BCUT2D eigenvalue weighted by molar-refractivity contribution is -0.145. The van der Waals surface area contributed by atoms with E-state index in [-0.39, 0.29) is 17.6 Å². The van der Waals surface area contributed by atoms with Gasteiger partial charge in [0.1, 0.15) is 6.04 Å². The number of anilines is 1. The Morgan fingerprint density at radius 3 is 2.60 bits per heavy atom. The number of Topliss-reactive ketones (excluding diaryl/α,β-unsaturated/α-hetero) is 1. The molecule has 5 nitrogen and oxygen atoms in total. The number of nitrogens with one attached hydrogen (secondary N) is 1. The first-order chi connectivity index (χ1) is 11.8. The molecule has 1 N–H and O–H groups in total. The first-order valence-corrected chi connectivity index (χ1v) is 7.96. The van der Waals surface area contributed by atoms with Gasteiger partial charge in [-0.1, -0.05) is 37.3 Å². The Hall–Kier alpha value is -2.64. The molecule has 0 fully saturated rings. The summed E-state index contributed by atoms with van der Waals surface area (Å²) >= 11 is 0. The molecule has 2 heterocycles. The Balaban J connectivity index is 1.91. The van der Waals surface area contributed by atoms with Gasteiger partial charge in [-0.15, -0.1) is 5.10 Å². The maximum atomic E-state index is 13.1. The maximum Gasteiger partial charge on any atom is 0.453 e. The van der Waals surface area contributed by atoms with Crippen LogP contribution in [-0.2, 0) is 11.0 Å². The fourth-order valence-corrected chi connectivity index (χ4v) is 3.47. The first-order valence-electron chi connectivity index (χ1n) is 7.96. The average Bonchev–Trinajstić information content (AvgIpc) is 2.97. The van der Waals surface area contributed by atoms with E-state index in [9.17, 15) is 18.0 Å². The quantitative estimate of drug-likeness (QED) is 0.856. The van der Waals surface area contributed by atoms with E-state index in [1.165, 1.54) is 4.68 Å². The smallest absolute Gasteiger partial charge is 0.328 e. The Bertz CT molecular complexity index is 870. The lowest BCUT2D eigenvalue weighted by Crippen LogP contribution is -2.33. The number of hydrogen-bond acceptors (Lipinski definition) is 4. The van der Waals surface area contributed by atoms with Crippen LogP contribution in [0, 0.1) is 5.92 Å². The molecule has 130 valence electrons. The van der Waals surface area contributed by atoms with Gasteiger partial charge in [0.05, 0.1) is 0 Å². The van der Waals surface area contributed by atoms with Crippen molar-refractivity contribution in [1.29, 1.82) is 0 Å². The number of benzene rings is 1. The Morgan fingerprint density at radius 1 is 1.20 bits per heavy atom. The average molecular weight is 348 g/mol. The van der Waals surface area contributed by atoms with Crippen LogP contribution in [-0.4, -0.2) is 20.5 Å². The van der Waals surface area contributed by atoms with E-state index in [1.54, 1.807) is 24.3 Å². The molecule has 4 rings (SSSR count). The van der Waals surface area contributed by atoms with Gasteiger partial charge in [-0.2, -0.15) is 18.2 Å². The molecule has 8 heteroatoms. The van der Waals surface area contributed by atoms with Crippen LogP contribution in [0.1, 0.15) is 37.2 Å². The van der Waals surface area contributed by atoms with E-state index in [0.29, 0.717) is 29.7 Å². The number of nitrogens with zero attached hydrogens (tertiary/aromatic N) is 3. The highest BCUT2D eigenvalue weighted by Gasteiger charge is 2.42. The number of aromatic nitrogens is 3. The second-order valence-corrected chi connectivity index (χ2v) is 6.47. The molecular formula is C17H15F3N4O. The number of alkyl halides is 3. The van der Waals surface area contributed by atoms with Crippen LogP contribution in [0.4, 0.5) is 19.1 Å². The molecule has 0 radical (unpaired) electrons. The van der Waals surface area contributed by atoms with E-state index in [2.05, 4.69) is 15.4 Å². The standard InChI is InChI=1S/C17H15F3N4O/c1-9-7-11-13(12(25)8-9)14(10-5-3-2-4-6-10)24-16(21-11)22-15(23-24)17(18,19)20/h2-6,9,14H,7-8H2,1H3,(H,21,22,23)/t9-,14+/m0/s1. The predicted octanol–water partition coefficient (Wildman–Crippen LogP) is 3.56. The highest BCUT2D eigenvalue weighted by molar-refractivity contribution is 5.99. The molecule has 1 aromatic heterocycles. The second kappa shape index (κ2) is 5.44. The number of carbonyl (C=O) groups excluding carboxylic acids is 1. The molecule has 0 saturated carbocycles. The van der Waals surface area contributed by atoms with E-state index >= 15 is 0 Å². The molecule has 1 aromatic carbocycles. The van der Waals surface area contributed by atoms with E-state index in [1.807, 2.05) is 13.0 Å². The third kappa shape index (κ3) is 2.61. The largest absolute Gasteiger partial charge is 0.453 e. The molecule has 2 aromatic rings. The number of carbonyl (C=O) groups is 1. The third-order valence-electron chi connectivity index (χ3n) is 4.49. The van der Waals surface area contributed by atoms with Crippen LogP contribution in [0.15, 0.2) is 41.6 Å². The molecular weight excluding hydrogens is 333 g/mol. The third-order valence-corrected chi connectivity index (χ3v) is 4.49. The van der Waals surface area contributed by atoms with Gasteiger partial charge in [-0.3, -0.25) is 4.79 Å². The zero-order valence-corrected chi connectivity index (χ0v) is 13.3. The number of fused-ring (bicyclic) bond motifs is 1. The van der Waals surface area contributed by atoms with Crippen LogP contribution in [0.3, 0.4) is 0 Å². The summed E-state index contributed by atoms with van der Waals surface area (Å²) in [7, 11) is 0. The van der Waals surface area contributed by atoms with E-state index < -0.39 is 18.0 Å². The van der Waals surface area contributed by atoms with Gasteiger partial charge in [0.15, 0.2) is 5.78 Å². The number of rotatable bonds is 1. The first kappa shape index (κ1) is 15.9. The fraction of sp³-hybridized carbons (Fsp3) is 0.353. The Kier molecular flexibility index (Phi) is 3.45. The van der Waals surface area contributed by atoms with Crippen LogP contribution >= 0.6 is 0 Å². The fourth-order valence-electron chi connectivity index (χ4n) is 3.47. The molecule has 1 aliphatic carbocycles. The Morgan fingerprint density at radius 2 is 1.92 bits per heavy atom. The van der Waals surface area contributed by atoms with Gasteiger partial charge in [-0.05, 0) is 17.9 Å². The Labute approximate surface area is 141 Å². The number of ketones is 1. The van der Waals surface area contributed by atoms with Crippen molar-refractivity contribution in [2.45, 2.75) is 32.0 Å². The summed E-state index contributed by atoms with van der Waals surface area (Å²) in [6, 6.07) is 8.25.